The first-order valence-corrected chi connectivity index (χ1v) is 8.37. The van der Waals surface area contributed by atoms with Crippen LogP contribution in [0.25, 0.3) is 0 Å². The number of benzene rings is 1. The molecule has 1 aliphatic heterocycles. The highest BCUT2D eigenvalue weighted by Gasteiger charge is 2.37. The molecule has 0 aromatic heterocycles. The van der Waals surface area contributed by atoms with Crippen LogP contribution in [-0.4, -0.2) is 48.1 Å². The van der Waals surface area contributed by atoms with Crippen molar-refractivity contribution in [2.45, 2.75) is 23.8 Å². The number of aliphatic hydroxyl groups excluding tert-OH is 1. The fourth-order valence-corrected chi connectivity index (χ4v) is 4.75. The van der Waals surface area contributed by atoms with Crippen molar-refractivity contribution in [2.75, 3.05) is 13.2 Å². The fraction of sp³-hybridized carbons (Fsp3) is 0.417. The average Bonchev–Trinajstić information content (AvgIpc) is 2.89. The normalized spacial score (nSPS) is 19.9. The molecular weight excluding hydrogens is 369 g/mol. The molecule has 0 unspecified atom stereocenters. The Morgan fingerprint density at radius 1 is 1.48 bits per heavy atom. The third-order valence-electron chi connectivity index (χ3n) is 3.35. The quantitative estimate of drug-likeness (QED) is 0.822. The standard InChI is InChI=1S/C12H13BrFNO5S/c13-7-4-9(12(17)18)11(14)10(5-7)21(19,20)15-3-1-2-8(15)6-16/h4-5,8,16H,1-3,6H2,(H,17,18)/t8-/m1/s1. The van der Waals surface area contributed by atoms with Crippen molar-refractivity contribution in [1.29, 1.82) is 0 Å². The number of carboxylic acid groups (broad SMARTS) is 1. The third-order valence-corrected chi connectivity index (χ3v) is 5.76. The van der Waals surface area contributed by atoms with Crippen molar-refractivity contribution in [3.8, 4) is 0 Å². The molecule has 1 atom stereocenters. The van der Waals surface area contributed by atoms with Crippen molar-refractivity contribution in [1.82, 2.24) is 4.31 Å². The lowest BCUT2D eigenvalue weighted by molar-refractivity contribution is 0.0691. The minimum absolute atomic E-state index is 0.152. The molecule has 21 heavy (non-hydrogen) atoms. The van der Waals surface area contributed by atoms with Gasteiger partial charge in [0.05, 0.1) is 12.2 Å². The Kier molecular flexibility index (Phi) is 4.66. The van der Waals surface area contributed by atoms with Gasteiger partial charge in [-0.15, -0.1) is 0 Å². The van der Waals surface area contributed by atoms with Crippen LogP contribution in [0.4, 0.5) is 4.39 Å². The highest BCUT2D eigenvalue weighted by atomic mass is 79.9. The van der Waals surface area contributed by atoms with E-state index >= 15 is 0 Å². The van der Waals surface area contributed by atoms with Gasteiger partial charge in [0.2, 0.25) is 10.0 Å². The summed E-state index contributed by atoms with van der Waals surface area (Å²) in [6.45, 7) is -0.192. The first kappa shape index (κ1) is 16.3. The molecule has 1 aromatic carbocycles. The molecule has 0 aliphatic carbocycles. The van der Waals surface area contributed by atoms with Crippen LogP contribution in [0.5, 0.6) is 0 Å². The molecule has 0 spiro atoms. The van der Waals surface area contributed by atoms with Gasteiger partial charge in [0.1, 0.15) is 4.90 Å². The van der Waals surface area contributed by atoms with E-state index in [0.717, 1.165) is 16.4 Å². The van der Waals surface area contributed by atoms with E-state index in [-0.39, 0.29) is 17.6 Å². The summed E-state index contributed by atoms with van der Waals surface area (Å²) in [5, 5.41) is 18.1. The highest BCUT2D eigenvalue weighted by Crippen LogP contribution is 2.30. The van der Waals surface area contributed by atoms with Gasteiger partial charge in [-0.1, -0.05) is 15.9 Å². The first-order chi connectivity index (χ1) is 9.78. The molecule has 1 aliphatic rings. The number of rotatable bonds is 4. The second-order valence-corrected chi connectivity index (χ2v) is 7.44. The summed E-state index contributed by atoms with van der Waals surface area (Å²) in [6, 6.07) is 1.43. The highest BCUT2D eigenvalue weighted by molar-refractivity contribution is 9.10. The van der Waals surface area contributed by atoms with Gasteiger partial charge in [-0.25, -0.2) is 17.6 Å². The number of halogens is 2. The van der Waals surface area contributed by atoms with Crippen LogP contribution in [0.2, 0.25) is 0 Å². The van der Waals surface area contributed by atoms with Crippen molar-refractivity contribution in [2.24, 2.45) is 0 Å². The van der Waals surface area contributed by atoms with Crippen molar-refractivity contribution < 1.29 is 27.8 Å². The number of hydrogen-bond acceptors (Lipinski definition) is 4. The summed E-state index contributed by atoms with van der Waals surface area (Å²) >= 11 is 2.99. The summed E-state index contributed by atoms with van der Waals surface area (Å²) in [5.41, 5.74) is -0.720. The lowest BCUT2D eigenvalue weighted by Gasteiger charge is -2.23. The lowest BCUT2D eigenvalue weighted by atomic mass is 10.2. The van der Waals surface area contributed by atoms with E-state index in [2.05, 4.69) is 15.9 Å². The molecule has 0 amide bonds. The monoisotopic (exact) mass is 381 g/mol. The maximum atomic E-state index is 14.2. The average molecular weight is 382 g/mol. The Labute approximate surface area is 129 Å². The molecule has 0 radical (unpaired) electrons. The van der Waals surface area contributed by atoms with E-state index in [1.807, 2.05) is 0 Å². The van der Waals surface area contributed by atoms with E-state index in [4.69, 9.17) is 5.11 Å². The zero-order valence-electron chi connectivity index (χ0n) is 10.8. The topological polar surface area (TPSA) is 94.9 Å². The van der Waals surface area contributed by atoms with Crippen LogP contribution in [-0.2, 0) is 10.0 Å². The van der Waals surface area contributed by atoms with E-state index < -0.39 is 38.3 Å². The van der Waals surface area contributed by atoms with Crippen molar-refractivity contribution >= 4 is 31.9 Å². The third kappa shape index (κ3) is 2.96. The maximum Gasteiger partial charge on any atom is 0.338 e. The van der Waals surface area contributed by atoms with Gasteiger partial charge < -0.3 is 10.2 Å². The summed E-state index contributed by atoms with van der Waals surface area (Å²) < 4.78 is 40.4. The van der Waals surface area contributed by atoms with E-state index in [1.165, 1.54) is 0 Å². The van der Waals surface area contributed by atoms with E-state index in [9.17, 15) is 22.7 Å². The summed E-state index contributed by atoms with van der Waals surface area (Å²) in [5.74, 6) is -2.85. The van der Waals surface area contributed by atoms with Crippen LogP contribution in [0.1, 0.15) is 23.2 Å². The molecule has 116 valence electrons. The van der Waals surface area contributed by atoms with E-state index in [0.29, 0.717) is 12.8 Å². The smallest absolute Gasteiger partial charge is 0.338 e. The van der Waals surface area contributed by atoms with Gasteiger partial charge in [-0.3, -0.25) is 0 Å². The van der Waals surface area contributed by atoms with Crippen LogP contribution in [0, 0.1) is 5.82 Å². The van der Waals surface area contributed by atoms with Crippen LogP contribution >= 0.6 is 15.9 Å². The summed E-state index contributed by atoms with van der Waals surface area (Å²) in [4.78, 5) is 10.3. The molecule has 1 heterocycles. The minimum atomic E-state index is -4.20. The zero-order valence-corrected chi connectivity index (χ0v) is 13.2. The molecule has 0 bridgehead atoms. The fourth-order valence-electron chi connectivity index (χ4n) is 2.34. The SMILES string of the molecule is O=C(O)c1cc(Br)cc(S(=O)(=O)N2CCC[C@@H]2CO)c1F. The van der Waals surface area contributed by atoms with Crippen molar-refractivity contribution in [3.63, 3.8) is 0 Å². The summed E-state index contributed by atoms with van der Waals surface area (Å²) in [6.07, 6.45) is 1.04. The van der Waals surface area contributed by atoms with Gasteiger partial charge in [-0.2, -0.15) is 4.31 Å². The molecule has 2 N–H and O–H groups in total. The molecule has 9 heteroatoms. The van der Waals surface area contributed by atoms with Crippen LogP contribution < -0.4 is 0 Å². The zero-order chi connectivity index (χ0) is 15.8. The van der Waals surface area contributed by atoms with Gasteiger partial charge in [0, 0.05) is 17.1 Å². The second-order valence-electron chi connectivity index (χ2n) is 4.67. The number of nitrogens with zero attached hydrogens (tertiary/aromatic N) is 1. The number of carboxylic acids is 1. The minimum Gasteiger partial charge on any atom is -0.478 e. The van der Waals surface area contributed by atoms with Gasteiger partial charge >= 0.3 is 5.97 Å². The Morgan fingerprint density at radius 2 is 2.14 bits per heavy atom. The summed E-state index contributed by atoms with van der Waals surface area (Å²) in [7, 11) is -4.20. The molecule has 1 saturated heterocycles. The van der Waals surface area contributed by atoms with Gasteiger partial charge in [0.15, 0.2) is 5.82 Å². The molecule has 6 nitrogen and oxygen atoms in total. The van der Waals surface area contributed by atoms with Crippen LogP contribution in [0.3, 0.4) is 0 Å². The van der Waals surface area contributed by atoms with Gasteiger partial charge in [0.25, 0.3) is 0 Å². The number of aromatic carboxylic acids is 1. The Balaban J connectivity index is 2.57. The Bertz CT molecular complexity index is 678. The molecule has 1 aromatic rings. The maximum absolute atomic E-state index is 14.2. The predicted octanol–water partition coefficient (Wildman–Crippen LogP) is 1.43. The number of aliphatic hydroxyl groups is 1. The molecular formula is C12H13BrFNO5S. The Hall–Kier alpha value is -1.03. The molecule has 1 fully saturated rings. The number of carbonyl (C=O) groups is 1. The Morgan fingerprint density at radius 3 is 2.71 bits per heavy atom. The van der Waals surface area contributed by atoms with E-state index in [1.54, 1.807) is 0 Å². The van der Waals surface area contributed by atoms with Gasteiger partial charge in [-0.05, 0) is 25.0 Å². The van der Waals surface area contributed by atoms with Crippen molar-refractivity contribution in [3.05, 3.63) is 28.0 Å². The first-order valence-electron chi connectivity index (χ1n) is 6.14. The number of hydrogen-bond donors (Lipinski definition) is 2. The lowest BCUT2D eigenvalue weighted by Crippen LogP contribution is -2.38. The second kappa shape index (κ2) is 5.99. The van der Waals surface area contributed by atoms with Crippen LogP contribution in [0.15, 0.2) is 21.5 Å². The predicted molar refractivity (Wildman–Crippen MR) is 75.1 cm³/mol. The molecule has 0 saturated carbocycles. The number of sulfonamides is 1. The molecule has 2 rings (SSSR count). The largest absolute Gasteiger partial charge is 0.478 e.